The van der Waals surface area contributed by atoms with Crippen molar-refractivity contribution in [3.05, 3.63) is 92.6 Å². The van der Waals surface area contributed by atoms with E-state index in [1.165, 1.54) is 18.9 Å². The van der Waals surface area contributed by atoms with Crippen LogP contribution in [0.1, 0.15) is 42.1 Å². The van der Waals surface area contributed by atoms with E-state index in [1.54, 1.807) is 44.4 Å². The summed E-state index contributed by atoms with van der Waals surface area (Å²) in [5.41, 5.74) is 6.78. The number of halogens is 1. The molecular formula is C33H37BrN4O8. The third kappa shape index (κ3) is 8.70. The third-order valence-electron chi connectivity index (χ3n) is 6.90. The molecule has 12 nitrogen and oxygen atoms in total. The Morgan fingerprint density at radius 1 is 1.02 bits per heavy atom. The molecule has 1 aliphatic heterocycles. The van der Waals surface area contributed by atoms with E-state index in [2.05, 4.69) is 37.1 Å². The zero-order valence-electron chi connectivity index (χ0n) is 26.2. The van der Waals surface area contributed by atoms with E-state index in [0.29, 0.717) is 53.0 Å². The van der Waals surface area contributed by atoms with Gasteiger partial charge in [0.15, 0.2) is 29.2 Å². The SMILES string of the molecule is CCOc1cc([C@H]2NC(=O)NC(C)=C2C(=O)OC)ccc1OC[C@H](O)N/N=C\c1cc(OC)c(OCc2ccc(C)cc2)cc1Br. The molecule has 0 fully saturated rings. The van der Waals surface area contributed by atoms with E-state index in [0.717, 1.165) is 10.0 Å². The van der Waals surface area contributed by atoms with Crippen molar-refractivity contribution >= 4 is 34.1 Å². The molecule has 0 aromatic heterocycles. The summed E-state index contributed by atoms with van der Waals surface area (Å²) in [6, 6.07) is 15.5. The molecular weight excluding hydrogens is 660 g/mol. The number of allylic oxidation sites excluding steroid dienone is 1. The highest BCUT2D eigenvalue weighted by Crippen LogP contribution is 2.35. The topological polar surface area (TPSA) is 149 Å². The Balaban J connectivity index is 1.39. The summed E-state index contributed by atoms with van der Waals surface area (Å²) in [5.74, 6) is 1.24. The smallest absolute Gasteiger partial charge is 0.337 e. The van der Waals surface area contributed by atoms with Gasteiger partial charge in [-0.15, -0.1) is 0 Å². The predicted molar refractivity (Wildman–Crippen MR) is 175 cm³/mol. The predicted octanol–water partition coefficient (Wildman–Crippen LogP) is 4.87. The van der Waals surface area contributed by atoms with Crippen LogP contribution in [0.4, 0.5) is 4.79 Å². The van der Waals surface area contributed by atoms with Gasteiger partial charge >= 0.3 is 12.0 Å². The maximum atomic E-state index is 12.5. The second kappa shape index (κ2) is 16.0. The molecule has 0 saturated heterocycles. The lowest BCUT2D eigenvalue weighted by molar-refractivity contribution is -0.136. The van der Waals surface area contributed by atoms with Gasteiger partial charge in [-0.3, -0.25) is 5.43 Å². The molecule has 4 rings (SSSR count). The first-order valence-electron chi connectivity index (χ1n) is 14.4. The van der Waals surface area contributed by atoms with Gasteiger partial charge in [0.05, 0.1) is 38.7 Å². The van der Waals surface area contributed by atoms with Crippen LogP contribution < -0.4 is 35.0 Å². The van der Waals surface area contributed by atoms with Crippen molar-refractivity contribution in [2.45, 2.75) is 39.6 Å². The van der Waals surface area contributed by atoms with Crippen LogP contribution in [0.25, 0.3) is 0 Å². The number of ether oxygens (including phenoxy) is 5. The average molecular weight is 698 g/mol. The Morgan fingerprint density at radius 2 is 1.76 bits per heavy atom. The van der Waals surface area contributed by atoms with Gasteiger partial charge in [0, 0.05) is 15.7 Å². The first kappa shape index (κ1) is 34.1. The summed E-state index contributed by atoms with van der Waals surface area (Å²) >= 11 is 3.54. The van der Waals surface area contributed by atoms with Crippen LogP contribution in [-0.2, 0) is 16.1 Å². The molecule has 1 heterocycles. The summed E-state index contributed by atoms with van der Waals surface area (Å²) in [5, 5.41) is 20.0. The number of carbonyl (C=O) groups is 2. The van der Waals surface area contributed by atoms with Gasteiger partial charge in [-0.05, 0) is 72.1 Å². The lowest BCUT2D eigenvalue weighted by Gasteiger charge is -2.28. The molecule has 3 aromatic rings. The van der Waals surface area contributed by atoms with Crippen LogP contribution >= 0.6 is 15.9 Å². The quantitative estimate of drug-likeness (QED) is 0.0802. The Kier molecular flexibility index (Phi) is 11.9. The number of nitrogens with one attached hydrogen (secondary N) is 3. The highest BCUT2D eigenvalue weighted by molar-refractivity contribution is 9.10. The molecule has 0 saturated carbocycles. The normalized spacial score (nSPS) is 15.1. The number of esters is 1. The first-order chi connectivity index (χ1) is 22.1. The van der Waals surface area contributed by atoms with E-state index in [9.17, 15) is 14.7 Å². The second-order valence-corrected chi connectivity index (χ2v) is 11.1. The number of methoxy groups -OCH3 is 2. The maximum absolute atomic E-state index is 12.5. The summed E-state index contributed by atoms with van der Waals surface area (Å²) < 4.78 is 28.7. The lowest BCUT2D eigenvalue weighted by Crippen LogP contribution is -2.45. The number of rotatable bonds is 14. The van der Waals surface area contributed by atoms with E-state index in [4.69, 9.17) is 23.7 Å². The minimum absolute atomic E-state index is 0.163. The van der Waals surface area contributed by atoms with E-state index in [1.807, 2.05) is 38.1 Å². The number of aliphatic hydroxyl groups is 1. The highest BCUT2D eigenvalue weighted by Gasteiger charge is 2.32. The molecule has 46 heavy (non-hydrogen) atoms. The van der Waals surface area contributed by atoms with Crippen LogP contribution in [0.5, 0.6) is 23.0 Å². The molecule has 4 N–H and O–H groups in total. The largest absolute Gasteiger partial charge is 0.493 e. The molecule has 2 atom stereocenters. The number of benzene rings is 3. The van der Waals surface area contributed by atoms with Gasteiger partial charge in [-0.25, -0.2) is 9.59 Å². The average Bonchev–Trinajstić information content (AvgIpc) is 3.04. The highest BCUT2D eigenvalue weighted by atomic mass is 79.9. The van der Waals surface area contributed by atoms with Crippen molar-refractivity contribution in [1.29, 1.82) is 0 Å². The van der Waals surface area contributed by atoms with Crippen molar-refractivity contribution in [2.75, 3.05) is 27.4 Å². The molecule has 3 aromatic carbocycles. The van der Waals surface area contributed by atoms with Gasteiger partial charge in [0.25, 0.3) is 0 Å². The van der Waals surface area contributed by atoms with Crippen LogP contribution in [0, 0.1) is 6.92 Å². The number of aliphatic hydroxyl groups excluding tert-OH is 1. The van der Waals surface area contributed by atoms with Crippen molar-refractivity contribution in [1.82, 2.24) is 16.1 Å². The number of aryl methyl sites for hydroxylation is 1. The third-order valence-corrected chi connectivity index (χ3v) is 7.58. The summed E-state index contributed by atoms with van der Waals surface area (Å²) in [7, 11) is 2.83. The van der Waals surface area contributed by atoms with Crippen LogP contribution in [0.2, 0.25) is 0 Å². The fraction of sp³-hybridized carbons (Fsp3) is 0.303. The number of hydrazone groups is 1. The van der Waals surface area contributed by atoms with Crippen LogP contribution in [0.15, 0.2) is 75.4 Å². The molecule has 0 spiro atoms. The first-order valence-corrected chi connectivity index (χ1v) is 15.2. The number of nitrogens with zero attached hydrogens (tertiary/aromatic N) is 1. The van der Waals surface area contributed by atoms with E-state index in [-0.39, 0.29) is 12.2 Å². The maximum Gasteiger partial charge on any atom is 0.337 e. The zero-order chi connectivity index (χ0) is 33.2. The van der Waals surface area contributed by atoms with E-state index >= 15 is 0 Å². The molecule has 244 valence electrons. The minimum Gasteiger partial charge on any atom is -0.493 e. The standard InChI is InChI=1S/C33H37BrN4O8/c1-6-44-27-13-22(31-30(32(40)43-5)20(3)36-33(41)37-31)11-12-25(27)46-18-29(39)38-35-16-23-14-26(42-4)28(15-24(23)34)45-17-21-9-7-19(2)8-10-21/h7-16,29,31,38-39H,6,17-18H2,1-5H3,(H2,36,37,41)/b35-16-/t29-,31+/m0/s1. The number of hydrogen-bond donors (Lipinski definition) is 4. The van der Waals surface area contributed by atoms with Crippen LogP contribution in [0.3, 0.4) is 0 Å². The molecule has 0 unspecified atom stereocenters. The summed E-state index contributed by atoms with van der Waals surface area (Å²) in [4.78, 5) is 24.6. The Bertz CT molecular complexity index is 1610. The molecule has 0 aliphatic carbocycles. The Morgan fingerprint density at radius 3 is 2.46 bits per heavy atom. The summed E-state index contributed by atoms with van der Waals surface area (Å²) in [6.45, 7) is 6.03. The van der Waals surface area contributed by atoms with Gasteiger partial charge in [-0.1, -0.05) is 35.9 Å². The zero-order valence-corrected chi connectivity index (χ0v) is 27.8. The summed E-state index contributed by atoms with van der Waals surface area (Å²) in [6.07, 6.45) is 0.366. The fourth-order valence-corrected chi connectivity index (χ4v) is 5.01. The van der Waals surface area contributed by atoms with Gasteiger partial charge in [0.2, 0.25) is 0 Å². The van der Waals surface area contributed by atoms with Gasteiger partial charge in [0.1, 0.15) is 13.2 Å². The number of amides is 2. The monoisotopic (exact) mass is 696 g/mol. The van der Waals surface area contributed by atoms with Crippen molar-refractivity contribution < 1.29 is 38.4 Å². The number of carbonyl (C=O) groups excluding carboxylic acids is 2. The van der Waals surface area contributed by atoms with Crippen molar-refractivity contribution in [3.8, 4) is 23.0 Å². The molecule has 0 radical (unpaired) electrons. The minimum atomic E-state index is -1.16. The molecule has 2 amide bonds. The Hall–Kier alpha value is -4.75. The van der Waals surface area contributed by atoms with Crippen molar-refractivity contribution in [3.63, 3.8) is 0 Å². The van der Waals surface area contributed by atoms with Crippen molar-refractivity contribution in [2.24, 2.45) is 5.10 Å². The van der Waals surface area contributed by atoms with Crippen LogP contribution in [-0.4, -0.2) is 57.0 Å². The molecule has 1 aliphatic rings. The van der Waals surface area contributed by atoms with Gasteiger partial charge in [-0.2, -0.15) is 5.10 Å². The molecule has 0 bridgehead atoms. The van der Waals surface area contributed by atoms with E-state index < -0.39 is 24.3 Å². The number of urea groups is 1. The van der Waals surface area contributed by atoms with Gasteiger partial charge < -0.3 is 39.4 Å². The Labute approximate surface area is 275 Å². The molecule has 13 heteroatoms. The lowest BCUT2D eigenvalue weighted by atomic mass is 9.95. The second-order valence-electron chi connectivity index (χ2n) is 10.2. The fourth-order valence-electron chi connectivity index (χ4n) is 4.58. The number of hydrogen-bond acceptors (Lipinski definition) is 10.